The normalized spacial score (nSPS) is 15.2. The third-order valence-corrected chi connectivity index (χ3v) is 17.6. The lowest BCUT2D eigenvalue weighted by atomic mass is 9.70. The summed E-state index contributed by atoms with van der Waals surface area (Å²) in [6, 6.07) is 93.7. The second kappa shape index (κ2) is 21.1. The van der Waals surface area contributed by atoms with Crippen molar-refractivity contribution in [2.75, 3.05) is 19.6 Å². The molecule has 2 atom stereocenters. The van der Waals surface area contributed by atoms with Crippen molar-refractivity contribution in [3.8, 4) is 22.3 Å². The average Bonchev–Trinajstić information content (AvgIpc) is 1.58. The van der Waals surface area contributed by atoms with Crippen molar-refractivity contribution in [3.63, 3.8) is 0 Å². The molecule has 0 fully saturated rings. The summed E-state index contributed by atoms with van der Waals surface area (Å²) in [7, 11) is 0. The summed E-state index contributed by atoms with van der Waals surface area (Å²) in [5, 5.41) is 0. The molecule has 0 amide bonds. The van der Waals surface area contributed by atoms with Crippen molar-refractivity contribution in [1.29, 1.82) is 0 Å². The summed E-state index contributed by atoms with van der Waals surface area (Å²) in [4.78, 5) is 9.72. The molecule has 11 aromatic carbocycles. The molecule has 2 unspecified atom stereocenters. The SMILES string of the molecule is CC1=CCC(N(c2ccc(N(c3ccc(C)cc3)c3ccc(C)cc3)cc2)c2ccc3c(c2)-c2cc(N(c4ccc(C)cc4)c4ccc(N(c5ccc(C)cc5)c5ccc(C)cc5)cc4)ccc2C32c3ccccc3-c3ccc(C)cc32)C=C1. The molecule has 3 aliphatic rings. The van der Waals surface area contributed by atoms with Gasteiger partial charge in [0.05, 0.1) is 11.5 Å². The largest absolute Gasteiger partial charge is 0.334 e. The third-order valence-electron chi connectivity index (χ3n) is 17.6. The fraction of sp³-hybridized carbons (Fsp3) is 0.125. The van der Waals surface area contributed by atoms with Crippen LogP contribution in [0.5, 0.6) is 0 Å². The van der Waals surface area contributed by atoms with Gasteiger partial charge in [0.15, 0.2) is 0 Å². The van der Waals surface area contributed by atoms with Gasteiger partial charge >= 0.3 is 0 Å². The fourth-order valence-corrected chi connectivity index (χ4v) is 13.3. The second-order valence-electron chi connectivity index (χ2n) is 23.5. The van der Waals surface area contributed by atoms with E-state index in [0.29, 0.717) is 0 Å². The molecule has 0 saturated carbocycles. The molecule has 0 aliphatic heterocycles. The molecular weight excluding hydrogens is 1020 g/mol. The minimum atomic E-state index is -0.530. The maximum Gasteiger partial charge on any atom is 0.0725 e. The summed E-state index contributed by atoms with van der Waals surface area (Å²) in [5.41, 5.74) is 30.8. The van der Waals surface area contributed by atoms with Gasteiger partial charge in [-0.2, -0.15) is 0 Å². The molecule has 0 heterocycles. The van der Waals surface area contributed by atoms with E-state index in [1.54, 1.807) is 0 Å². The Kier molecular flexibility index (Phi) is 13.1. The predicted molar refractivity (Wildman–Crippen MR) is 355 cm³/mol. The molecule has 14 rings (SSSR count). The number of rotatable bonds is 12. The van der Waals surface area contributed by atoms with E-state index >= 15 is 0 Å². The van der Waals surface area contributed by atoms with E-state index in [0.717, 1.165) is 69.0 Å². The summed E-state index contributed by atoms with van der Waals surface area (Å²) >= 11 is 0. The summed E-state index contributed by atoms with van der Waals surface area (Å²) in [6.07, 6.45) is 7.96. The molecular formula is C80H68N4. The Balaban J connectivity index is 0.938. The van der Waals surface area contributed by atoms with E-state index < -0.39 is 5.41 Å². The average molecular weight is 1090 g/mol. The lowest BCUT2D eigenvalue weighted by molar-refractivity contribution is 0.776. The van der Waals surface area contributed by atoms with Crippen LogP contribution in [0.25, 0.3) is 22.3 Å². The molecule has 0 N–H and O–H groups in total. The molecule has 0 bridgehead atoms. The van der Waals surface area contributed by atoms with Crippen molar-refractivity contribution in [3.05, 3.63) is 328 Å². The van der Waals surface area contributed by atoms with E-state index in [4.69, 9.17) is 0 Å². The van der Waals surface area contributed by atoms with E-state index in [1.165, 1.54) is 83.5 Å². The van der Waals surface area contributed by atoms with Crippen LogP contribution in [0.2, 0.25) is 0 Å². The Hall–Kier alpha value is -9.90. The zero-order chi connectivity index (χ0) is 57.2. The molecule has 3 aliphatic carbocycles. The molecule has 4 nitrogen and oxygen atoms in total. The molecule has 4 heteroatoms. The quantitative estimate of drug-likeness (QED) is 0.121. The number of hydrogen-bond donors (Lipinski definition) is 0. The first-order chi connectivity index (χ1) is 41.0. The Morgan fingerprint density at radius 1 is 0.286 bits per heavy atom. The van der Waals surface area contributed by atoms with Crippen molar-refractivity contribution in [1.82, 2.24) is 0 Å². The minimum Gasteiger partial charge on any atom is -0.334 e. The number of benzene rings is 11. The van der Waals surface area contributed by atoms with Gasteiger partial charge in [-0.1, -0.05) is 172 Å². The maximum absolute atomic E-state index is 2.57. The van der Waals surface area contributed by atoms with Crippen LogP contribution >= 0.6 is 0 Å². The van der Waals surface area contributed by atoms with Crippen LogP contribution in [0.1, 0.15) is 69.0 Å². The molecule has 11 aromatic rings. The molecule has 0 radical (unpaired) electrons. The van der Waals surface area contributed by atoms with E-state index in [-0.39, 0.29) is 6.04 Å². The van der Waals surface area contributed by atoms with E-state index in [2.05, 4.69) is 335 Å². The standard InChI is InChI=1S/C80H68N4/c1-53-12-25-60(26-13-53)81(61-27-14-54(2)15-28-61)66-37-41-68(42-38-66)83(64-33-20-57(5)21-34-64)70-45-48-77-74(51-70)75-52-71(46-49-78(75)80(77)76-11-9-8-10-72(76)73-47-24-59(7)50-79(73)80)84(65-35-22-58(6)23-36-65)69-43-39-67(40-44-69)82(62-29-16-55(3)17-30-62)63-31-18-56(4)19-32-63/h8-35,37-52,65H,36H2,1-7H3. The predicted octanol–water partition coefficient (Wildman–Crippen LogP) is 21.7. The molecule has 0 aromatic heterocycles. The van der Waals surface area contributed by atoms with Gasteiger partial charge in [0.1, 0.15) is 0 Å². The molecule has 1 spiro atoms. The first-order valence-corrected chi connectivity index (χ1v) is 29.6. The van der Waals surface area contributed by atoms with Crippen molar-refractivity contribution in [2.24, 2.45) is 0 Å². The number of fused-ring (bicyclic) bond motifs is 10. The van der Waals surface area contributed by atoms with Crippen LogP contribution in [0.4, 0.5) is 62.6 Å². The molecule has 84 heavy (non-hydrogen) atoms. The zero-order valence-corrected chi connectivity index (χ0v) is 49.0. The highest BCUT2D eigenvalue weighted by Crippen LogP contribution is 2.64. The zero-order valence-electron chi connectivity index (χ0n) is 49.0. The van der Waals surface area contributed by atoms with Crippen molar-refractivity contribution >= 4 is 62.6 Å². The number of anilines is 11. The number of hydrogen-bond acceptors (Lipinski definition) is 4. The van der Waals surface area contributed by atoms with Gasteiger partial charge in [-0.15, -0.1) is 0 Å². The molecule has 408 valence electrons. The van der Waals surface area contributed by atoms with Crippen LogP contribution in [-0.2, 0) is 5.41 Å². The first-order valence-electron chi connectivity index (χ1n) is 29.6. The van der Waals surface area contributed by atoms with E-state index in [9.17, 15) is 0 Å². The van der Waals surface area contributed by atoms with Crippen molar-refractivity contribution < 1.29 is 0 Å². The number of aryl methyl sites for hydroxylation is 6. The highest BCUT2D eigenvalue weighted by Gasteiger charge is 2.52. The number of allylic oxidation sites excluding steroid dienone is 2. The topological polar surface area (TPSA) is 13.0 Å². The van der Waals surface area contributed by atoms with Crippen LogP contribution in [0.15, 0.2) is 273 Å². The summed E-state index contributed by atoms with van der Waals surface area (Å²) < 4.78 is 0. The first kappa shape index (κ1) is 52.2. The third kappa shape index (κ3) is 9.10. The monoisotopic (exact) mass is 1080 g/mol. The van der Waals surface area contributed by atoms with E-state index in [1.807, 2.05) is 0 Å². The van der Waals surface area contributed by atoms with Gasteiger partial charge in [0.2, 0.25) is 0 Å². The van der Waals surface area contributed by atoms with Crippen LogP contribution < -0.4 is 19.6 Å². The van der Waals surface area contributed by atoms with Crippen molar-refractivity contribution in [2.45, 2.75) is 66.3 Å². The number of nitrogens with zero attached hydrogens (tertiary/aromatic N) is 4. The fourth-order valence-electron chi connectivity index (χ4n) is 13.3. The van der Waals surface area contributed by atoms with Gasteiger partial charge < -0.3 is 19.6 Å². The lowest BCUT2D eigenvalue weighted by Gasteiger charge is -2.35. The van der Waals surface area contributed by atoms with Gasteiger partial charge in [0.25, 0.3) is 0 Å². The van der Waals surface area contributed by atoms with Gasteiger partial charge in [-0.3, -0.25) is 0 Å². The van der Waals surface area contributed by atoms with Crippen LogP contribution in [0, 0.1) is 41.5 Å². The Morgan fingerprint density at radius 2 is 0.619 bits per heavy atom. The lowest BCUT2D eigenvalue weighted by Crippen LogP contribution is -2.30. The maximum atomic E-state index is 2.57. The minimum absolute atomic E-state index is 0.0904. The molecule has 0 saturated heterocycles. The summed E-state index contributed by atoms with van der Waals surface area (Å²) in [6.45, 7) is 15.2. The second-order valence-corrected chi connectivity index (χ2v) is 23.5. The Bertz CT molecular complexity index is 4230. The Morgan fingerprint density at radius 3 is 1.05 bits per heavy atom. The smallest absolute Gasteiger partial charge is 0.0725 e. The highest BCUT2D eigenvalue weighted by molar-refractivity contribution is 5.98. The van der Waals surface area contributed by atoms with Gasteiger partial charge in [-0.05, 0) is 233 Å². The highest BCUT2D eigenvalue weighted by atomic mass is 15.2. The summed E-state index contributed by atoms with van der Waals surface area (Å²) in [5.74, 6) is 0. The van der Waals surface area contributed by atoms with Gasteiger partial charge in [-0.25, -0.2) is 0 Å². The van der Waals surface area contributed by atoms with Gasteiger partial charge in [0, 0.05) is 62.6 Å². The van der Waals surface area contributed by atoms with Crippen LogP contribution in [0.3, 0.4) is 0 Å². The Labute approximate surface area is 496 Å². The van der Waals surface area contributed by atoms with Crippen LogP contribution in [-0.4, -0.2) is 6.04 Å².